The molecule has 0 amide bonds. The molecule has 0 N–H and O–H groups in total. The lowest BCUT2D eigenvalue weighted by molar-refractivity contribution is 0.415. The van der Waals surface area contributed by atoms with Gasteiger partial charge in [0.25, 0.3) is 0 Å². The number of rotatable bonds is 4. The smallest absolute Gasteiger partial charge is 0.133 e. The third-order valence-corrected chi connectivity index (χ3v) is 2.22. The Balaban J connectivity index is 3.18. The molecule has 0 aliphatic heterocycles. The van der Waals surface area contributed by atoms with E-state index >= 15 is 0 Å². The molecule has 0 radical (unpaired) electrons. The Kier molecular flexibility index (Phi) is 4.31. The van der Waals surface area contributed by atoms with Crippen molar-refractivity contribution in [2.24, 2.45) is 9.98 Å². The molecule has 0 aliphatic rings. The van der Waals surface area contributed by atoms with Gasteiger partial charge >= 0.3 is 0 Å². The summed E-state index contributed by atoms with van der Waals surface area (Å²) >= 11 is 6.01. The van der Waals surface area contributed by atoms with Crippen LogP contribution in [0.1, 0.15) is 12.5 Å². The zero-order valence-electron chi connectivity index (χ0n) is 8.83. The van der Waals surface area contributed by atoms with Crippen molar-refractivity contribution >= 4 is 29.2 Å². The van der Waals surface area contributed by atoms with E-state index in [-0.39, 0.29) is 0 Å². The van der Waals surface area contributed by atoms with E-state index in [4.69, 9.17) is 16.3 Å². The second-order valence-corrected chi connectivity index (χ2v) is 3.16. The Morgan fingerprint density at radius 2 is 2.27 bits per heavy atom. The highest BCUT2D eigenvalue weighted by molar-refractivity contribution is 6.70. The van der Waals surface area contributed by atoms with Crippen LogP contribution in [0.15, 0.2) is 28.2 Å². The molecule has 0 spiro atoms. The van der Waals surface area contributed by atoms with Gasteiger partial charge in [-0.1, -0.05) is 11.6 Å². The standard InChI is InChI=1S/C11H13ClN2O/c1-4-14-11(12)9-6-5-8(15-3)7-10(9)13-2/h5-7H,2,4H2,1,3H3. The van der Waals surface area contributed by atoms with Crippen molar-refractivity contribution in [3.8, 4) is 5.75 Å². The summed E-state index contributed by atoms with van der Waals surface area (Å²) in [6.07, 6.45) is 0. The molecule has 80 valence electrons. The van der Waals surface area contributed by atoms with E-state index in [1.165, 1.54) is 0 Å². The molecule has 15 heavy (non-hydrogen) atoms. The second kappa shape index (κ2) is 5.51. The number of methoxy groups -OCH3 is 1. The number of ether oxygens (including phenoxy) is 1. The lowest BCUT2D eigenvalue weighted by atomic mass is 10.2. The van der Waals surface area contributed by atoms with Gasteiger partial charge in [-0.2, -0.15) is 0 Å². The quantitative estimate of drug-likeness (QED) is 0.724. The lowest BCUT2D eigenvalue weighted by Crippen LogP contribution is -1.94. The molecule has 0 saturated carbocycles. The Bertz CT molecular complexity index is 388. The van der Waals surface area contributed by atoms with E-state index in [0.717, 1.165) is 11.3 Å². The van der Waals surface area contributed by atoms with Crippen LogP contribution in [0.5, 0.6) is 5.75 Å². The first kappa shape index (κ1) is 11.7. The first-order valence-electron chi connectivity index (χ1n) is 4.58. The number of hydrogen-bond donors (Lipinski definition) is 0. The Labute approximate surface area is 94.5 Å². The molecular formula is C11H13ClN2O. The SMILES string of the molecule is C=Nc1cc(OC)ccc1C(Cl)=NCC. The molecule has 0 aromatic heterocycles. The van der Waals surface area contributed by atoms with E-state index in [2.05, 4.69) is 16.7 Å². The van der Waals surface area contributed by atoms with E-state index < -0.39 is 0 Å². The third kappa shape index (κ3) is 2.80. The molecule has 0 saturated heterocycles. The second-order valence-electron chi connectivity index (χ2n) is 2.81. The van der Waals surface area contributed by atoms with E-state index in [1.807, 2.05) is 19.1 Å². The Morgan fingerprint density at radius 1 is 1.53 bits per heavy atom. The molecule has 3 nitrogen and oxygen atoms in total. The Hall–Kier alpha value is -1.35. The molecule has 0 fully saturated rings. The first-order chi connectivity index (χ1) is 7.22. The van der Waals surface area contributed by atoms with Crippen LogP contribution in [-0.2, 0) is 0 Å². The molecule has 0 bridgehead atoms. The van der Waals surface area contributed by atoms with Crippen molar-refractivity contribution in [2.45, 2.75) is 6.92 Å². The molecule has 1 aromatic rings. The van der Waals surface area contributed by atoms with Gasteiger partial charge in [-0.3, -0.25) is 9.98 Å². The third-order valence-electron chi connectivity index (χ3n) is 1.89. The summed E-state index contributed by atoms with van der Waals surface area (Å²) in [4.78, 5) is 8.00. The largest absolute Gasteiger partial charge is 0.497 e. The number of hydrogen-bond acceptors (Lipinski definition) is 3. The number of aliphatic imine (C=N–C) groups is 2. The lowest BCUT2D eigenvalue weighted by Gasteiger charge is -2.05. The highest BCUT2D eigenvalue weighted by Gasteiger charge is 2.07. The van der Waals surface area contributed by atoms with Gasteiger partial charge in [-0.05, 0) is 25.8 Å². The van der Waals surface area contributed by atoms with E-state index in [1.54, 1.807) is 13.2 Å². The summed E-state index contributed by atoms with van der Waals surface area (Å²) in [5.74, 6) is 0.724. The van der Waals surface area contributed by atoms with Crippen LogP contribution in [-0.4, -0.2) is 25.5 Å². The Morgan fingerprint density at radius 3 is 2.80 bits per heavy atom. The zero-order chi connectivity index (χ0) is 11.3. The van der Waals surface area contributed by atoms with Crippen molar-refractivity contribution in [2.75, 3.05) is 13.7 Å². The normalized spacial score (nSPS) is 11.3. The van der Waals surface area contributed by atoms with E-state index in [0.29, 0.717) is 17.4 Å². The molecule has 4 heteroatoms. The maximum Gasteiger partial charge on any atom is 0.133 e. The van der Waals surface area contributed by atoms with Gasteiger partial charge in [0.05, 0.1) is 12.8 Å². The summed E-state index contributed by atoms with van der Waals surface area (Å²) in [5.41, 5.74) is 1.45. The number of halogens is 1. The predicted molar refractivity (Wildman–Crippen MR) is 65.1 cm³/mol. The van der Waals surface area contributed by atoms with Gasteiger partial charge in [0, 0.05) is 18.2 Å². The maximum absolute atomic E-state index is 6.01. The summed E-state index contributed by atoms with van der Waals surface area (Å²) in [7, 11) is 1.60. The molecule has 1 aromatic carbocycles. The molecule has 1 rings (SSSR count). The van der Waals surface area contributed by atoms with Crippen LogP contribution in [0.2, 0.25) is 0 Å². The monoisotopic (exact) mass is 224 g/mol. The molecule has 0 heterocycles. The van der Waals surface area contributed by atoms with Gasteiger partial charge in [0.2, 0.25) is 0 Å². The predicted octanol–water partition coefficient (Wildman–Crippen LogP) is 3.03. The summed E-state index contributed by atoms with van der Waals surface area (Å²) in [6.45, 7) is 6.05. The minimum Gasteiger partial charge on any atom is -0.497 e. The minimum atomic E-state index is 0.447. The fourth-order valence-electron chi connectivity index (χ4n) is 1.17. The van der Waals surface area contributed by atoms with Gasteiger partial charge < -0.3 is 4.74 Å². The molecule has 0 aliphatic carbocycles. The summed E-state index contributed by atoms with van der Waals surface area (Å²) in [6, 6.07) is 5.41. The number of benzene rings is 1. The van der Waals surface area contributed by atoms with Crippen LogP contribution in [0, 0.1) is 0 Å². The van der Waals surface area contributed by atoms with Crippen molar-refractivity contribution in [3.05, 3.63) is 23.8 Å². The van der Waals surface area contributed by atoms with Crippen LogP contribution < -0.4 is 4.74 Å². The highest BCUT2D eigenvalue weighted by atomic mass is 35.5. The summed E-state index contributed by atoms with van der Waals surface area (Å²) < 4.78 is 5.08. The van der Waals surface area contributed by atoms with Crippen LogP contribution in [0.3, 0.4) is 0 Å². The van der Waals surface area contributed by atoms with Gasteiger partial charge in [-0.15, -0.1) is 0 Å². The van der Waals surface area contributed by atoms with Crippen LogP contribution in [0.25, 0.3) is 0 Å². The number of nitrogens with zero attached hydrogens (tertiary/aromatic N) is 2. The van der Waals surface area contributed by atoms with Crippen LogP contribution >= 0.6 is 11.6 Å². The van der Waals surface area contributed by atoms with E-state index in [9.17, 15) is 0 Å². The fourth-order valence-corrected chi connectivity index (χ4v) is 1.45. The van der Waals surface area contributed by atoms with Crippen molar-refractivity contribution < 1.29 is 4.74 Å². The van der Waals surface area contributed by atoms with Crippen LogP contribution in [0.4, 0.5) is 5.69 Å². The van der Waals surface area contributed by atoms with Gasteiger partial charge in [0.15, 0.2) is 0 Å². The first-order valence-corrected chi connectivity index (χ1v) is 4.95. The molecule has 0 unspecified atom stereocenters. The van der Waals surface area contributed by atoms with Gasteiger partial charge in [-0.25, -0.2) is 0 Å². The average molecular weight is 225 g/mol. The average Bonchev–Trinajstić information content (AvgIpc) is 2.28. The topological polar surface area (TPSA) is 34.0 Å². The van der Waals surface area contributed by atoms with Gasteiger partial charge in [0.1, 0.15) is 10.9 Å². The van der Waals surface area contributed by atoms with Crippen molar-refractivity contribution in [1.82, 2.24) is 0 Å². The fraction of sp³-hybridized carbons (Fsp3) is 0.273. The highest BCUT2D eigenvalue weighted by Crippen LogP contribution is 2.26. The maximum atomic E-state index is 6.01. The van der Waals surface area contributed by atoms with Crippen molar-refractivity contribution in [3.63, 3.8) is 0 Å². The van der Waals surface area contributed by atoms with Crippen molar-refractivity contribution in [1.29, 1.82) is 0 Å². The summed E-state index contributed by atoms with van der Waals surface area (Å²) in [5, 5.41) is 0.447. The minimum absolute atomic E-state index is 0.447. The molecule has 0 atom stereocenters. The molecular weight excluding hydrogens is 212 g/mol. The zero-order valence-corrected chi connectivity index (χ0v) is 9.58.